The molecule has 0 saturated carbocycles. The predicted molar refractivity (Wildman–Crippen MR) is 68.4 cm³/mol. The Morgan fingerprint density at radius 1 is 1.47 bits per heavy atom. The van der Waals surface area contributed by atoms with Crippen LogP contribution in [0.15, 0.2) is 24.3 Å². The lowest BCUT2D eigenvalue weighted by Crippen LogP contribution is -2.25. The molecule has 4 nitrogen and oxygen atoms in total. The zero-order valence-corrected chi connectivity index (χ0v) is 10.4. The van der Waals surface area contributed by atoms with Crippen LogP contribution < -0.4 is 11.1 Å². The highest BCUT2D eigenvalue weighted by molar-refractivity contribution is 5.76. The van der Waals surface area contributed by atoms with Gasteiger partial charge in [-0.3, -0.25) is 4.79 Å². The summed E-state index contributed by atoms with van der Waals surface area (Å²) in [4.78, 5) is 11.6. The van der Waals surface area contributed by atoms with Gasteiger partial charge in [-0.05, 0) is 17.5 Å². The normalized spacial score (nSPS) is 12.1. The van der Waals surface area contributed by atoms with Crippen molar-refractivity contribution in [1.82, 2.24) is 5.32 Å². The van der Waals surface area contributed by atoms with Crippen molar-refractivity contribution < 1.29 is 9.53 Å². The zero-order valence-electron chi connectivity index (χ0n) is 10.4. The minimum absolute atomic E-state index is 0.0257. The molecular weight excluding hydrogens is 216 g/mol. The standard InChI is InChI=1S/C13H20N2O2/c1-10(9-17-2)7-13(16)15-8-11-5-3-4-6-12(11)14/h3-6,10H,7-9,14H2,1-2H3,(H,15,16). The van der Waals surface area contributed by atoms with Gasteiger partial charge in [-0.2, -0.15) is 0 Å². The lowest BCUT2D eigenvalue weighted by molar-refractivity contribution is -0.122. The molecule has 4 heteroatoms. The molecule has 0 heterocycles. The maximum Gasteiger partial charge on any atom is 0.220 e. The number of ether oxygens (including phenoxy) is 1. The van der Waals surface area contributed by atoms with Crippen molar-refractivity contribution >= 4 is 11.6 Å². The molecule has 0 aliphatic carbocycles. The molecule has 1 aromatic carbocycles. The summed E-state index contributed by atoms with van der Waals surface area (Å²) >= 11 is 0. The predicted octanol–water partition coefficient (Wildman–Crippen LogP) is 1.56. The van der Waals surface area contributed by atoms with Crippen molar-refractivity contribution in [3.8, 4) is 0 Å². The summed E-state index contributed by atoms with van der Waals surface area (Å²) in [7, 11) is 1.64. The maximum absolute atomic E-state index is 11.6. The van der Waals surface area contributed by atoms with Crippen LogP contribution in [-0.4, -0.2) is 19.6 Å². The second-order valence-corrected chi connectivity index (χ2v) is 4.24. The van der Waals surface area contributed by atoms with E-state index in [1.807, 2.05) is 31.2 Å². The Labute approximate surface area is 102 Å². The van der Waals surface area contributed by atoms with Gasteiger partial charge in [0, 0.05) is 32.4 Å². The van der Waals surface area contributed by atoms with Crippen molar-refractivity contribution in [2.45, 2.75) is 19.9 Å². The van der Waals surface area contributed by atoms with E-state index in [9.17, 15) is 4.79 Å². The Kier molecular flexibility index (Phi) is 5.49. The molecule has 0 aromatic heterocycles. The summed E-state index contributed by atoms with van der Waals surface area (Å²) in [6.07, 6.45) is 0.473. The molecule has 1 rings (SSSR count). The monoisotopic (exact) mass is 236 g/mol. The van der Waals surface area contributed by atoms with Crippen LogP contribution in [0, 0.1) is 5.92 Å². The largest absolute Gasteiger partial charge is 0.398 e. The van der Waals surface area contributed by atoms with Crippen LogP contribution in [0.25, 0.3) is 0 Å². The molecule has 3 N–H and O–H groups in total. The SMILES string of the molecule is COCC(C)CC(=O)NCc1ccccc1N. The van der Waals surface area contributed by atoms with Crippen LogP contribution in [-0.2, 0) is 16.1 Å². The third-order valence-electron chi connectivity index (χ3n) is 2.52. The van der Waals surface area contributed by atoms with Gasteiger partial charge in [-0.25, -0.2) is 0 Å². The fourth-order valence-electron chi connectivity index (χ4n) is 1.62. The number of para-hydroxylation sites is 1. The molecular formula is C13H20N2O2. The molecule has 1 unspecified atom stereocenters. The second kappa shape index (κ2) is 6.91. The summed E-state index contributed by atoms with van der Waals surface area (Å²) in [5.74, 6) is 0.255. The van der Waals surface area contributed by atoms with E-state index in [0.29, 0.717) is 25.3 Å². The Hall–Kier alpha value is -1.55. The molecule has 94 valence electrons. The van der Waals surface area contributed by atoms with Gasteiger partial charge in [0.1, 0.15) is 0 Å². The number of nitrogens with two attached hydrogens (primary N) is 1. The quantitative estimate of drug-likeness (QED) is 0.737. The summed E-state index contributed by atoms with van der Waals surface area (Å²) in [5, 5.41) is 2.85. The molecule has 0 fully saturated rings. The Morgan fingerprint density at radius 2 is 2.18 bits per heavy atom. The number of nitrogens with one attached hydrogen (secondary N) is 1. The molecule has 17 heavy (non-hydrogen) atoms. The van der Waals surface area contributed by atoms with Crippen molar-refractivity contribution in [3.63, 3.8) is 0 Å². The molecule has 1 atom stereocenters. The third kappa shape index (κ3) is 4.87. The summed E-state index contributed by atoms with van der Waals surface area (Å²) in [6.45, 7) is 3.06. The highest BCUT2D eigenvalue weighted by atomic mass is 16.5. The Balaban J connectivity index is 2.36. The number of hydrogen-bond donors (Lipinski definition) is 2. The lowest BCUT2D eigenvalue weighted by Gasteiger charge is -2.11. The first-order valence-electron chi connectivity index (χ1n) is 5.72. The average molecular weight is 236 g/mol. The molecule has 0 spiro atoms. The Bertz CT molecular complexity index is 366. The van der Waals surface area contributed by atoms with Gasteiger partial charge in [0.05, 0.1) is 0 Å². The van der Waals surface area contributed by atoms with Crippen LogP contribution in [0.3, 0.4) is 0 Å². The van der Waals surface area contributed by atoms with Gasteiger partial charge in [0.2, 0.25) is 5.91 Å². The number of hydrogen-bond acceptors (Lipinski definition) is 3. The van der Waals surface area contributed by atoms with Crippen LogP contribution >= 0.6 is 0 Å². The van der Waals surface area contributed by atoms with E-state index in [1.54, 1.807) is 7.11 Å². The van der Waals surface area contributed by atoms with Crippen LogP contribution in [0.2, 0.25) is 0 Å². The molecule has 0 aliphatic rings. The first-order valence-corrected chi connectivity index (χ1v) is 5.72. The van der Waals surface area contributed by atoms with E-state index in [-0.39, 0.29) is 11.8 Å². The number of nitrogen functional groups attached to an aromatic ring is 1. The van der Waals surface area contributed by atoms with Crippen molar-refractivity contribution in [1.29, 1.82) is 0 Å². The second-order valence-electron chi connectivity index (χ2n) is 4.24. The van der Waals surface area contributed by atoms with Gasteiger partial charge in [-0.1, -0.05) is 25.1 Å². The fraction of sp³-hybridized carbons (Fsp3) is 0.462. The lowest BCUT2D eigenvalue weighted by atomic mass is 10.1. The van der Waals surface area contributed by atoms with E-state index in [2.05, 4.69) is 5.32 Å². The molecule has 0 radical (unpaired) electrons. The average Bonchev–Trinajstić information content (AvgIpc) is 2.28. The molecule has 0 saturated heterocycles. The Morgan fingerprint density at radius 3 is 2.82 bits per heavy atom. The van der Waals surface area contributed by atoms with Gasteiger partial charge in [0.15, 0.2) is 0 Å². The number of methoxy groups -OCH3 is 1. The van der Waals surface area contributed by atoms with Crippen LogP contribution in [0.5, 0.6) is 0 Å². The highest BCUT2D eigenvalue weighted by Gasteiger charge is 2.08. The minimum Gasteiger partial charge on any atom is -0.398 e. The van der Waals surface area contributed by atoms with E-state index in [0.717, 1.165) is 5.56 Å². The van der Waals surface area contributed by atoms with Crippen molar-refractivity contribution in [3.05, 3.63) is 29.8 Å². The summed E-state index contributed by atoms with van der Waals surface area (Å²) in [6, 6.07) is 7.52. The van der Waals surface area contributed by atoms with Crippen molar-refractivity contribution in [2.24, 2.45) is 5.92 Å². The number of carbonyl (C=O) groups excluding carboxylic acids is 1. The first-order chi connectivity index (χ1) is 8.13. The first kappa shape index (κ1) is 13.5. The van der Waals surface area contributed by atoms with Gasteiger partial charge >= 0.3 is 0 Å². The number of rotatable bonds is 6. The third-order valence-corrected chi connectivity index (χ3v) is 2.52. The van der Waals surface area contributed by atoms with Crippen molar-refractivity contribution in [2.75, 3.05) is 19.5 Å². The maximum atomic E-state index is 11.6. The highest BCUT2D eigenvalue weighted by Crippen LogP contribution is 2.10. The van der Waals surface area contributed by atoms with Crippen LogP contribution in [0.1, 0.15) is 18.9 Å². The summed E-state index contributed by atoms with van der Waals surface area (Å²) in [5.41, 5.74) is 7.44. The van der Waals surface area contributed by atoms with Gasteiger partial charge < -0.3 is 15.8 Å². The molecule has 1 amide bonds. The number of carbonyl (C=O) groups is 1. The van der Waals surface area contributed by atoms with E-state index >= 15 is 0 Å². The zero-order chi connectivity index (χ0) is 12.7. The topological polar surface area (TPSA) is 64.3 Å². The number of anilines is 1. The van der Waals surface area contributed by atoms with E-state index in [1.165, 1.54) is 0 Å². The fourth-order valence-corrected chi connectivity index (χ4v) is 1.62. The van der Waals surface area contributed by atoms with Crippen LogP contribution in [0.4, 0.5) is 5.69 Å². The minimum atomic E-state index is 0.0257. The van der Waals surface area contributed by atoms with Gasteiger partial charge in [-0.15, -0.1) is 0 Å². The summed E-state index contributed by atoms with van der Waals surface area (Å²) < 4.78 is 4.99. The smallest absolute Gasteiger partial charge is 0.220 e. The van der Waals surface area contributed by atoms with Gasteiger partial charge in [0.25, 0.3) is 0 Å². The number of benzene rings is 1. The van der Waals surface area contributed by atoms with E-state index in [4.69, 9.17) is 10.5 Å². The molecule has 0 bridgehead atoms. The molecule has 0 aliphatic heterocycles. The van der Waals surface area contributed by atoms with E-state index < -0.39 is 0 Å². The molecule has 1 aromatic rings. The number of amides is 1.